The molecule has 3 aliphatic heterocycles. The fourth-order valence-electron chi connectivity index (χ4n) is 6.65. The van der Waals surface area contributed by atoms with E-state index in [9.17, 15) is 62.6 Å². The first-order valence-electron chi connectivity index (χ1n) is 16.3. The highest BCUT2D eigenvalue weighted by Crippen LogP contribution is 2.41. The maximum absolute atomic E-state index is 14.7. The lowest BCUT2D eigenvalue weighted by molar-refractivity contribution is -0.123. The molecule has 3 aromatic carbocycles. The number of piperidine rings is 1. The Morgan fingerprint density at radius 2 is 1.61 bits per heavy atom. The predicted molar refractivity (Wildman–Crippen MR) is 179 cm³/mol. The number of hydrogen-bond acceptors (Lipinski definition) is 10. The number of amides is 6. The summed E-state index contributed by atoms with van der Waals surface area (Å²) >= 11 is 6.17. The molecule has 16 nitrogen and oxygen atoms in total. The van der Waals surface area contributed by atoms with Crippen LogP contribution in [0.25, 0.3) is 0 Å². The second-order valence-electron chi connectivity index (χ2n) is 12.7. The van der Waals surface area contributed by atoms with Crippen LogP contribution < -0.4 is 15.3 Å². The van der Waals surface area contributed by atoms with E-state index in [-0.39, 0.29) is 62.3 Å². The molecule has 0 radical (unpaired) electrons. The molecule has 0 bridgehead atoms. The third kappa shape index (κ3) is 7.08. The van der Waals surface area contributed by atoms with Crippen molar-refractivity contribution in [2.45, 2.75) is 37.3 Å². The van der Waals surface area contributed by atoms with Gasteiger partial charge in [0.05, 0.1) is 16.5 Å². The minimum absolute atomic E-state index is 0.0439. The Hall–Kier alpha value is -5.89. The number of benzene rings is 3. The molecule has 54 heavy (non-hydrogen) atoms. The van der Waals surface area contributed by atoms with Crippen molar-refractivity contribution in [3.8, 4) is 23.0 Å². The van der Waals surface area contributed by atoms with E-state index < -0.39 is 106 Å². The molecule has 0 unspecified atom stereocenters. The summed E-state index contributed by atoms with van der Waals surface area (Å²) in [5.41, 5.74) is -1.65. The minimum Gasteiger partial charge on any atom is -0.534 e. The number of phenolic OH excluding ortho intramolecular Hbond substituents is 3. The van der Waals surface area contributed by atoms with Gasteiger partial charge in [0, 0.05) is 37.8 Å². The van der Waals surface area contributed by atoms with Crippen LogP contribution in [0.1, 0.15) is 50.7 Å². The quantitative estimate of drug-likeness (QED) is 0.136. The van der Waals surface area contributed by atoms with E-state index in [1.807, 2.05) is 0 Å². The summed E-state index contributed by atoms with van der Waals surface area (Å²) in [7, 11) is -1.95. The zero-order chi connectivity index (χ0) is 39.2. The van der Waals surface area contributed by atoms with Crippen LogP contribution in [0.5, 0.6) is 23.0 Å². The van der Waals surface area contributed by atoms with E-state index in [0.717, 1.165) is 29.2 Å². The summed E-state index contributed by atoms with van der Waals surface area (Å²) in [5, 5.41) is 53.8. The molecule has 3 aliphatic rings. The Morgan fingerprint density at radius 3 is 2.30 bits per heavy atom. The van der Waals surface area contributed by atoms with Crippen LogP contribution in [0.3, 0.4) is 0 Å². The molecule has 3 aromatic rings. The Labute approximate surface area is 308 Å². The van der Waals surface area contributed by atoms with Gasteiger partial charge in [-0.3, -0.25) is 9.59 Å². The predicted octanol–water partition coefficient (Wildman–Crippen LogP) is 2.51. The third-order valence-corrected chi connectivity index (χ3v) is 9.84. The number of likely N-dealkylation sites (tertiary alicyclic amines) is 1. The average Bonchev–Trinajstić information content (AvgIpc) is 3.53. The van der Waals surface area contributed by atoms with Crippen molar-refractivity contribution >= 4 is 48.6 Å². The number of fused-ring (bicyclic) bond motifs is 1. The lowest BCUT2D eigenvalue weighted by atomic mass is 9.72. The summed E-state index contributed by atoms with van der Waals surface area (Å²) < 4.78 is 48.4. The molecule has 2 fully saturated rings. The van der Waals surface area contributed by atoms with Crippen LogP contribution in [0, 0.1) is 17.5 Å². The molecule has 0 spiro atoms. The second kappa shape index (κ2) is 14.9. The Bertz CT molecular complexity index is 2070. The highest BCUT2D eigenvalue weighted by molar-refractivity contribution is 6.47. The number of halogens is 4. The van der Waals surface area contributed by atoms with Crippen LogP contribution in [0.15, 0.2) is 36.4 Å². The van der Waals surface area contributed by atoms with Gasteiger partial charge in [0.25, 0.3) is 5.91 Å². The summed E-state index contributed by atoms with van der Waals surface area (Å²) in [6.45, 7) is 0.115. The van der Waals surface area contributed by atoms with Crippen LogP contribution in [0.2, 0.25) is 5.02 Å². The number of urea groups is 2. The number of rotatable bonds is 7. The van der Waals surface area contributed by atoms with Gasteiger partial charge in [-0.1, -0.05) is 17.7 Å². The molecule has 0 saturated carbocycles. The van der Waals surface area contributed by atoms with Crippen molar-refractivity contribution in [3.05, 3.63) is 81.1 Å². The van der Waals surface area contributed by atoms with E-state index in [1.54, 1.807) is 0 Å². The largest absolute Gasteiger partial charge is 0.547 e. The fraction of sp³-hybridized carbons (Fsp3) is 0.303. The first-order chi connectivity index (χ1) is 25.6. The monoisotopic (exact) mass is 775 g/mol. The van der Waals surface area contributed by atoms with Gasteiger partial charge in [-0.2, -0.15) is 0 Å². The Morgan fingerprint density at radius 1 is 0.926 bits per heavy atom. The molecule has 2 saturated heterocycles. The van der Waals surface area contributed by atoms with Gasteiger partial charge in [-0.05, 0) is 55.2 Å². The second-order valence-corrected chi connectivity index (χ2v) is 13.1. The number of aromatic hydroxyl groups is 3. The number of aromatic carboxylic acids is 1. The van der Waals surface area contributed by atoms with Gasteiger partial charge in [-0.25, -0.2) is 32.5 Å². The minimum atomic E-state index is -1.99. The van der Waals surface area contributed by atoms with Crippen molar-refractivity contribution in [2.75, 3.05) is 26.2 Å². The maximum Gasteiger partial charge on any atom is 0.547 e. The van der Waals surface area contributed by atoms with E-state index in [4.69, 9.17) is 16.3 Å². The van der Waals surface area contributed by atoms with E-state index in [2.05, 4.69) is 10.6 Å². The molecule has 0 aromatic heterocycles. The molecular formula is C33H30BClF3N5O11. The molecule has 6 amide bonds. The zero-order valence-corrected chi connectivity index (χ0v) is 28.5. The first kappa shape index (κ1) is 37.9. The van der Waals surface area contributed by atoms with Crippen molar-refractivity contribution in [3.63, 3.8) is 0 Å². The van der Waals surface area contributed by atoms with Crippen molar-refractivity contribution in [1.82, 2.24) is 25.3 Å². The van der Waals surface area contributed by atoms with E-state index in [1.165, 1.54) is 15.9 Å². The highest BCUT2D eigenvalue weighted by atomic mass is 35.5. The molecule has 2 atom stereocenters. The van der Waals surface area contributed by atoms with Gasteiger partial charge >= 0.3 is 25.1 Å². The number of carbonyl (C=O) groups is 5. The van der Waals surface area contributed by atoms with Crippen LogP contribution in [-0.4, -0.2) is 115 Å². The Balaban J connectivity index is 1.17. The van der Waals surface area contributed by atoms with Crippen molar-refractivity contribution in [1.29, 1.82) is 0 Å². The lowest BCUT2D eigenvalue weighted by Gasteiger charge is -2.36. The van der Waals surface area contributed by atoms with Gasteiger partial charge in [-0.15, -0.1) is 0 Å². The van der Waals surface area contributed by atoms with Gasteiger partial charge in [0.15, 0.2) is 17.3 Å². The summed E-state index contributed by atoms with van der Waals surface area (Å²) in [6, 6.07) is 1.29. The number of carbonyl (C=O) groups excluding carboxylic acids is 4. The van der Waals surface area contributed by atoms with Gasteiger partial charge in [0.1, 0.15) is 34.7 Å². The molecule has 6 rings (SSSR count). The van der Waals surface area contributed by atoms with E-state index in [0.29, 0.717) is 6.07 Å². The van der Waals surface area contributed by atoms with Crippen molar-refractivity contribution in [2.24, 2.45) is 0 Å². The zero-order valence-electron chi connectivity index (χ0n) is 27.8. The highest BCUT2D eigenvalue weighted by Gasteiger charge is 2.43. The van der Waals surface area contributed by atoms with Gasteiger partial charge in [0.2, 0.25) is 5.91 Å². The number of imide groups is 1. The number of nitrogens with one attached hydrogen (secondary N) is 2. The number of carboxylic acids is 1. The summed E-state index contributed by atoms with van der Waals surface area (Å²) in [5.74, 6) is -11.4. The molecule has 284 valence electrons. The topological polar surface area (TPSA) is 230 Å². The lowest BCUT2D eigenvalue weighted by Crippen LogP contribution is -2.56. The molecular weight excluding hydrogens is 746 g/mol. The fourth-order valence-corrected chi connectivity index (χ4v) is 6.91. The number of nitrogens with zero attached hydrogens (tertiary/aromatic N) is 3. The van der Waals surface area contributed by atoms with Crippen molar-refractivity contribution < 1.29 is 67.2 Å². The maximum atomic E-state index is 14.7. The first-order valence-corrected chi connectivity index (χ1v) is 16.7. The molecule has 7 N–H and O–H groups in total. The SMILES string of the molecule is O=C(O)c1c(F)ccc2c1OB(O)[C@@H](NC(=O)[C@@H](NC(=O)N1CCN(C3CCN(C(=O)c4cc(O)ccc4F)CC3)C1=O)c1cc(F)c(O)c(O)c1Cl)C2. The molecule has 0 aliphatic carbocycles. The van der Waals surface area contributed by atoms with Crippen LogP contribution in [-0.2, 0) is 11.2 Å². The number of carboxylic acid groups (broad SMARTS) is 1. The Kier molecular flexibility index (Phi) is 10.4. The number of hydrogen-bond donors (Lipinski definition) is 7. The molecule has 21 heteroatoms. The van der Waals surface area contributed by atoms with Crippen LogP contribution in [0.4, 0.5) is 22.8 Å². The van der Waals surface area contributed by atoms with E-state index >= 15 is 0 Å². The number of phenols is 3. The van der Waals surface area contributed by atoms with Gasteiger partial charge < -0.3 is 50.5 Å². The summed E-state index contributed by atoms with van der Waals surface area (Å²) in [4.78, 5) is 68.9. The average molecular weight is 776 g/mol. The smallest absolute Gasteiger partial charge is 0.534 e. The van der Waals surface area contributed by atoms with Crippen LogP contribution >= 0.6 is 11.6 Å². The third-order valence-electron chi connectivity index (χ3n) is 9.45. The normalized spacial score (nSPS) is 17.9. The summed E-state index contributed by atoms with van der Waals surface area (Å²) in [6.07, 6.45) is 0.213. The molecule has 3 heterocycles. The standard InChI is InChI=1S/C33H30BClF3N5O11/c35-24-18(13-21(38)26(45)27(24)46)25(29(47)39-22-11-14-1-3-20(37)23(31(49)50)28(14)54-34(22)53)40-32(51)43-10-9-42(33(43)52)15-5-7-41(8-6-15)30(48)17-12-16(44)2-4-19(17)36/h1-4,12-13,15,22,25,44-46,53H,5-11H2,(H,39,47)(H,40,51)(H,49,50)/t22-,25-/m0/s1.